The fourth-order valence-corrected chi connectivity index (χ4v) is 3.16. The summed E-state index contributed by atoms with van der Waals surface area (Å²) in [4.78, 5) is -0.0824. The summed E-state index contributed by atoms with van der Waals surface area (Å²) in [6, 6.07) is 5.87. The molecule has 0 saturated heterocycles. The van der Waals surface area contributed by atoms with Crippen LogP contribution in [0.5, 0.6) is 0 Å². The van der Waals surface area contributed by atoms with E-state index in [0.717, 1.165) is 4.31 Å². The second-order valence-electron chi connectivity index (χ2n) is 3.98. The summed E-state index contributed by atoms with van der Waals surface area (Å²) in [6.07, 6.45) is 0. The van der Waals surface area contributed by atoms with Crippen LogP contribution in [0, 0.1) is 11.3 Å². The van der Waals surface area contributed by atoms with Gasteiger partial charge in [-0.3, -0.25) is 0 Å². The van der Waals surface area contributed by atoms with E-state index >= 15 is 0 Å². The standard InChI is InChI=1S/C12H17N3O4S/c1-19-7-5-15(4-6-16)20(17,18)12-3-2-10(9-13)8-11(12)14/h2-3,8,16H,4-7,14H2,1H3. The molecule has 1 aromatic rings. The van der Waals surface area contributed by atoms with Crippen LogP contribution in [0.1, 0.15) is 5.56 Å². The summed E-state index contributed by atoms with van der Waals surface area (Å²) in [6.45, 7) is -0.0431. The Morgan fingerprint density at radius 3 is 2.65 bits per heavy atom. The first-order chi connectivity index (χ1) is 9.47. The van der Waals surface area contributed by atoms with Crippen LogP contribution in [0.25, 0.3) is 0 Å². The van der Waals surface area contributed by atoms with Gasteiger partial charge in [-0.15, -0.1) is 0 Å². The lowest BCUT2D eigenvalue weighted by Gasteiger charge is -2.21. The number of benzene rings is 1. The van der Waals surface area contributed by atoms with E-state index in [2.05, 4.69) is 0 Å². The number of ether oxygens (including phenoxy) is 1. The van der Waals surface area contributed by atoms with Crippen molar-refractivity contribution in [3.05, 3.63) is 23.8 Å². The van der Waals surface area contributed by atoms with Gasteiger partial charge >= 0.3 is 0 Å². The largest absolute Gasteiger partial charge is 0.398 e. The number of hydrogen-bond acceptors (Lipinski definition) is 6. The topological polar surface area (TPSA) is 117 Å². The molecule has 0 aliphatic rings. The van der Waals surface area contributed by atoms with Gasteiger partial charge in [0.25, 0.3) is 0 Å². The maximum absolute atomic E-state index is 12.4. The molecule has 1 aromatic carbocycles. The number of hydrogen-bond donors (Lipinski definition) is 2. The number of nitrogen functional groups attached to an aromatic ring is 1. The molecule has 0 aromatic heterocycles. The molecule has 0 radical (unpaired) electrons. The molecule has 110 valence electrons. The molecule has 3 N–H and O–H groups in total. The monoisotopic (exact) mass is 299 g/mol. The van der Waals surface area contributed by atoms with Crippen LogP contribution in [-0.2, 0) is 14.8 Å². The van der Waals surface area contributed by atoms with Gasteiger partial charge in [0.1, 0.15) is 4.90 Å². The zero-order valence-corrected chi connectivity index (χ0v) is 11.9. The molecule has 0 spiro atoms. The minimum Gasteiger partial charge on any atom is -0.398 e. The molecule has 0 atom stereocenters. The highest BCUT2D eigenvalue weighted by molar-refractivity contribution is 7.89. The number of rotatable bonds is 7. The molecule has 20 heavy (non-hydrogen) atoms. The minimum absolute atomic E-state index is 0.00408. The molecule has 0 aliphatic carbocycles. The van der Waals surface area contributed by atoms with Gasteiger partial charge in [-0.1, -0.05) is 0 Å². The summed E-state index contributed by atoms with van der Waals surface area (Å²) in [5.41, 5.74) is 5.98. The van der Waals surface area contributed by atoms with Crippen molar-refractivity contribution in [1.82, 2.24) is 4.31 Å². The van der Waals surface area contributed by atoms with Crippen molar-refractivity contribution in [3.8, 4) is 6.07 Å². The first-order valence-corrected chi connectivity index (χ1v) is 7.31. The van der Waals surface area contributed by atoms with Crippen LogP contribution in [-0.4, -0.2) is 51.2 Å². The molecule has 0 fully saturated rings. The number of nitrogens with two attached hydrogens (primary N) is 1. The Labute approximate surface area is 118 Å². The molecule has 0 saturated carbocycles. The lowest BCUT2D eigenvalue weighted by atomic mass is 10.2. The Morgan fingerprint density at radius 2 is 2.15 bits per heavy atom. The average Bonchev–Trinajstić information content (AvgIpc) is 2.42. The molecular weight excluding hydrogens is 282 g/mol. The van der Waals surface area contributed by atoms with Gasteiger partial charge in [0.05, 0.1) is 30.5 Å². The number of nitriles is 1. The smallest absolute Gasteiger partial charge is 0.245 e. The van der Waals surface area contributed by atoms with Crippen LogP contribution < -0.4 is 5.73 Å². The van der Waals surface area contributed by atoms with Gasteiger partial charge in [-0.25, -0.2) is 8.42 Å². The number of anilines is 1. The second kappa shape index (κ2) is 7.21. The quantitative estimate of drug-likeness (QED) is 0.672. The van der Waals surface area contributed by atoms with E-state index in [1.165, 1.54) is 25.3 Å². The minimum atomic E-state index is -3.83. The molecule has 7 nitrogen and oxygen atoms in total. The maximum atomic E-state index is 12.4. The molecule has 0 heterocycles. The van der Waals surface area contributed by atoms with Crippen molar-refractivity contribution in [3.63, 3.8) is 0 Å². The predicted octanol–water partition coefficient (Wildman–Crippen LogP) is -0.230. The van der Waals surface area contributed by atoms with Crippen molar-refractivity contribution >= 4 is 15.7 Å². The van der Waals surface area contributed by atoms with E-state index in [1.807, 2.05) is 6.07 Å². The Bertz CT molecular complexity index is 595. The Balaban J connectivity index is 3.16. The number of nitrogens with zero attached hydrogens (tertiary/aromatic N) is 2. The molecule has 0 unspecified atom stereocenters. The number of methoxy groups -OCH3 is 1. The van der Waals surface area contributed by atoms with Gasteiger partial charge in [-0.2, -0.15) is 9.57 Å². The first kappa shape index (κ1) is 16.4. The van der Waals surface area contributed by atoms with Crippen molar-refractivity contribution in [2.75, 3.05) is 39.1 Å². The van der Waals surface area contributed by atoms with Crippen LogP contribution in [0.15, 0.2) is 23.1 Å². The number of aliphatic hydroxyl groups excluding tert-OH is 1. The average molecular weight is 299 g/mol. The van der Waals surface area contributed by atoms with Gasteiger partial charge < -0.3 is 15.6 Å². The Kier molecular flexibility index (Phi) is 5.91. The summed E-state index contributed by atoms with van der Waals surface area (Å²) < 4.78 is 30.8. The van der Waals surface area contributed by atoms with E-state index < -0.39 is 10.0 Å². The van der Waals surface area contributed by atoms with E-state index in [-0.39, 0.29) is 42.4 Å². The predicted molar refractivity (Wildman–Crippen MR) is 73.3 cm³/mol. The van der Waals surface area contributed by atoms with Crippen LogP contribution in [0.3, 0.4) is 0 Å². The van der Waals surface area contributed by atoms with Crippen molar-refractivity contribution in [1.29, 1.82) is 5.26 Å². The van der Waals surface area contributed by atoms with Crippen LogP contribution in [0.2, 0.25) is 0 Å². The highest BCUT2D eigenvalue weighted by atomic mass is 32.2. The summed E-state index contributed by atoms with van der Waals surface area (Å²) in [5, 5.41) is 17.7. The molecule has 0 bridgehead atoms. The normalized spacial score (nSPS) is 11.5. The third kappa shape index (κ3) is 3.68. The molecule has 0 amide bonds. The molecule has 1 rings (SSSR count). The fraction of sp³-hybridized carbons (Fsp3) is 0.417. The van der Waals surface area contributed by atoms with E-state index in [0.29, 0.717) is 0 Å². The SMILES string of the molecule is COCCN(CCO)S(=O)(=O)c1ccc(C#N)cc1N. The summed E-state index contributed by atoms with van der Waals surface area (Å²) in [7, 11) is -2.37. The zero-order chi connectivity index (χ0) is 15.2. The van der Waals surface area contributed by atoms with Gasteiger partial charge in [0.2, 0.25) is 10.0 Å². The van der Waals surface area contributed by atoms with Crippen LogP contribution >= 0.6 is 0 Å². The van der Waals surface area contributed by atoms with E-state index in [4.69, 9.17) is 20.8 Å². The maximum Gasteiger partial charge on any atom is 0.245 e. The van der Waals surface area contributed by atoms with Gasteiger partial charge in [0, 0.05) is 20.2 Å². The third-order valence-electron chi connectivity index (χ3n) is 2.65. The number of aliphatic hydroxyl groups is 1. The van der Waals surface area contributed by atoms with Gasteiger partial charge in [-0.05, 0) is 18.2 Å². The summed E-state index contributed by atoms with van der Waals surface area (Å²) >= 11 is 0. The number of sulfonamides is 1. The van der Waals surface area contributed by atoms with Crippen molar-refractivity contribution in [2.24, 2.45) is 0 Å². The van der Waals surface area contributed by atoms with Crippen LogP contribution in [0.4, 0.5) is 5.69 Å². The van der Waals surface area contributed by atoms with Gasteiger partial charge in [0.15, 0.2) is 0 Å². The van der Waals surface area contributed by atoms with Crippen molar-refractivity contribution < 1.29 is 18.3 Å². The lowest BCUT2D eigenvalue weighted by molar-refractivity contribution is 0.168. The molecular formula is C12H17N3O4S. The Morgan fingerprint density at radius 1 is 1.45 bits per heavy atom. The fourth-order valence-electron chi connectivity index (χ4n) is 1.65. The summed E-state index contributed by atoms with van der Waals surface area (Å²) in [5.74, 6) is 0. The van der Waals surface area contributed by atoms with E-state index in [1.54, 1.807) is 0 Å². The Hall–Kier alpha value is -1.66. The van der Waals surface area contributed by atoms with Crippen molar-refractivity contribution in [2.45, 2.75) is 4.90 Å². The highest BCUT2D eigenvalue weighted by Crippen LogP contribution is 2.23. The van der Waals surface area contributed by atoms with E-state index in [9.17, 15) is 8.42 Å². The third-order valence-corrected chi connectivity index (χ3v) is 4.62. The zero-order valence-electron chi connectivity index (χ0n) is 11.1. The highest BCUT2D eigenvalue weighted by Gasteiger charge is 2.26. The lowest BCUT2D eigenvalue weighted by Crippen LogP contribution is -2.36. The molecule has 0 aliphatic heterocycles. The second-order valence-corrected chi connectivity index (χ2v) is 5.89. The first-order valence-electron chi connectivity index (χ1n) is 5.87. The molecule has 8 heteroatoms.